The van der Waals surface area contributed by atoms with E-state index >= 15 is 0 Å². The number of rotatable bonds is 10. The molecule has 0 amide bonds. The Bertz CT molecular complexity index is 772. The van der Waals surface area contributed by atoms with Crippen LogP contribution in [0.2, 0.25) is 0 Å². The van der Waals surface area contributed by atoms with Crippen molar-refractivity contribution >= 4 is 29.0 Å². The second-order valence-electron chi connectivity index (χ2n) is 6.50. The number of nitrogen functional groups attached to an aromatic ring is 1. The lowest BCUT2D eigenvalue weighted by Crippen LogP contribution is -2.24. The van der Waals surface area contributed by atoms with Crippen molar-refractivity contribution in [3.8, 4) is 11.5 Å². The van der Waals surface area contributed by atoms with E-state index in [1.807, 2.05) is 32.0 Å². The van der Waals surface area contributed by atoms with Crippen molar-refractivity contribution in [2.75, 3.05) is 52.0 Å². The number of fused-ring (bicyclic) bond motifs is 1. The molecule has 0 bridgehead atoms. The van der Waals surface area contributed by atoms with Gasteiger partial charge in [-0.3, -0.25) is 0 Å². The summed E-state index contributed by atoms with van der Waals surface area (Å²) in [6.45, 7) is 3.71. The molecule has 0 radical (unpaired) electrons. The van der Waals surface area contributed by atoms with E-state index in [1.165, 1.54) is 0 Å². The second-order valence-corrected chi connectivity index (χ2v) is 6.50. The summed E-state index contributed by atoms with van der Waals surface area (Å²) in [6, 6.07) is 3.62. The summed E-state index contributed by atoms with van der Waals surface area (Å²) in [6.07, 6.45) is 2.28. The lowest BCUT2D eigenvalue weighted by atomic mass is 10.2. The molecular weight excluding hydrogens is 374 g/mol. The van der Waals surface area contributed by atoms with Crippen molar-refractivity contribution in [3.63, 3.8) is 0 Å². The summed E-state index contributed by atoms with van der Waals surface area (Å²) >= 11 is 0. The number of ether oxygens (including phenoxy) is 2. The van der Waals surface area contributed by atoms with Crippen LogP contribution < -0.4 is 25.4 Å². The molecule has 0 aliphatic rings. The molecule has 1 heterocycles. The lowest BCUT2D eigenvalue weighted by molar-refractivity contribution is -0.115. The quantitative estimate of drug-likeness (QED) is 0.398. The summed E-state index contributed by atoms with van der Waals surface area (Å²) in [5.41, 5.74) is 6.81. The van der Waals surface area contributed by atoms with Gasteiger partial charge in [0, 0.05) is 25.0 Å². The molecule has 1 atom stereocenters. The molecule has 1 aromatic heterocycles. The van der Waals surface area contributed by atoms with Crippen molar-refractivity contribution < 1.29 is 19.4 Å². The van der Waals surface area contributed by atoms with Crippen molar-refractivity contribution in [1.82, 2.24) is 15.3 Å². The summed E-state index contributed by atoms with van der Waals surface area (Å²) in [5.74, 6) is 2.27. The zero-order valence-electron chi connectivity index (χ0n) is 17.9. The number of carbonyl (C=O) groups excluding carboxylic acids is 1. The molecule has 29 heavy (non-hydrogen) atoms. The van der Waals surface area contributed by atoms with Gasteiger partial charge in [0.1, 0.15) is 18.2 Å². The third-order valence-corrected chi connectivity index (χ3v) is 4.22. The van der Waals surface area contributed by atoms with Crippen LogP contribution in [0.1, 0.15) is 26.2 Å². The Morgan fingerprint density at radius 2 is 1.93 bits per heavy atom. The minimum atomic E-state index is -0.731. The fourth-order valence-electron chi connectivity index (χ4n) is 2.59. The Labute approximate surface area is 172 Å². The average Bonchev–Trinajstić information content (AvgIpc) is 2.73. The van der Waals surface area contributed by atoms with E-state index in [0.717, 1.165) is 36.8 Å². The van der Waals surface area contributed by atoms with Crippen LogP contribution in [0, 0.1) is 0 Å². The van der Waals surface area contributed by atoms with Gasteiger partial charge in [-0.25, -0.2) is 4.98 Å². The molecule has 0 aliphatic carbocycles. The first-order chi connectivity index (χ1) is 13.9. The SMILES string of the molecule is CCCC(O)C=O.CNCCCN(C)c1nc(N)c2cc(OC)c(OC)cc2n1. The molecule has 2 rings (SSSR count). The first-order valence-electron chi connectivity index (χ1n) is 9.60. The summed E-state index contributed by atoms with van der Waals surface area (Å²) < 4.78 is 10.6. The number of nitrogens with two attached hydrogens (primary N) is 1. The molecule has 9 nitrogen and oxygen atoms in total. The highest BCUT2D eigenvalue weighted by molar-refractivity contribution is 5.91. The highest BCUT2D eigenvalue weighted by Crippen LogP contribution is 2.33. The summed E-state index contributed by atoms with van der Waals surface area (Å²) in [5, 5.41) is 12.4. The number of aliphatic hydroxyl groups excluding tert-OH is 1. The molecule has 4 N–H and O–H groups in total. The van der Waals surface area contributed by atoms with Gasteiger partial charge in [-0.2, -0.15) is 4.98 Å². The molecule has 0 aliphatic heterocycles. The Hall–Kier alpha value is -2.65. The zero-order valence-corrected chi connectivity index (χ0v) is 17.9. The normalized spacial score (nSPS) is 11.4. The number of nitrogens with one attached hydrogen (secondary N) is 1. The molecule has 1 unspecified atom stereocenters. The maximum absolute atomic E-state index is 9.64. The van der Waals surface area contributed by atoms with Crippen molar-refractivity contribution in [2.24, 2.45) is 0 Å². The number of hydrogen-bond acceptors (Lipinski definition) is 9. The average molecular weight is 408 g/mol. The van der Waals surface area contributed by atoms with Crippen LogP contribution in [-0.2, 0) is 4.79 Å². The number of benzene rings is 1. The highest BCUT2D eigenvalue weighted by Gasteiger charge is 2.13. The monoisotopic (exact) mass is 407 g/mol. The second kappa shape index (κ2) is 12.7. The third-order valence-electron chi connectivity index (χ3n) is 4.22. The maximum atomic E-state index is 9.64. The predicted octanol–water partition coefficient (Wildman–Crippen LogP) is 1.62. The van der Waals surface area contributed by atoms with Gasteiger partial charge in [0.2, 0.25) is 5.95 Å². The molecular formula is C20H33N5O4. The Kier molecular flexibility index (Phi) is 10.7. The van der Waals surface area contributed by atoms with Crippen LogP contribution in [0.5, 0.6) is 11.5 Å². The fraction of sp³-hybridized carbons (Fsp3) is 0.550. The molecule has 2 aromatic rings. The predicted molar refractivity (Wildman–Crippen MR) is 116 cm³/mol. The number of aldehydes is 1. The minimum absolute atomic E-state index is 0.432. The molecule has 9 heteroatoms. The van der Waals surface area contributed by atoms with E-state index in [0.29, 0.717) is 36.0 Å². The van der Waals surface area contributed by atoms with Gasteiger partial charge in [-0.05, 0) is 32.5 Å². The number of nitrogens with zero attached hydrogens (tertiary/aromatic N) is 3. The third kappa shape index (κ3) is 7.35. The Morgan fingerprint density at radius 1 is 1.28 bits per heavy atom. The van der Waals surface area contributed by atoms with Gasteiger partial charge in [-0.15, -0.1) is 0 Å². The summed E-state index contributed by atoms with van der Waals surface area (Å²) in [4.78, 5) is 20.6. The molecule has 0 saturated heterocycles. The molecule has 162 valence electrons. The van der Waals surface area contributed by atoms with Crippen molar-refractivity contribution in [3.05, 3.63) is 12.1 Å². The van der Waals surface area contributed by atoms with Gasteiger partial charge >= 0.3 is 0 Å². The number of aliphatic hydroxyl groups is 1. The van der Waals surface area contributed by atoms with E-state index in [4.69, 9.17) is 20.3 Å². The molecule has 0 spiro atoms. The molecule has 1 aromatic carbocycles. The van der Waals surface area contributed by atoms with E-state index in [2.05, 4.69) is 15.3 Å². The van der Waals surface area contributed by atoms with Crippen molar-refractivity contribution in [1.29, 1.82) is 0 Å². The fourth-order valence-corrected chi connectivity index (χ4v) is 2.59. The van der Waals surface area contributed by atoms with E-state index in [9.17, 15) is 4.79 Å². The Morgan fingerprint density at radius 3 is 2.45 bits per heavy atom. The van der Waals surface area contributed by atoms with Gasteiger partial charge in [0.15, 0.2) is 11.5 Å². The highest BCUT2D eigenvalue weighted by atomic mass is 16.5. The first-order valence-corrected chi connectivity index (χ1v) is 9.60. The van der Waals surface area contributed by atoms with Gasteiger partial charge in [-0.1, -0.05) is 13.3 Å². The van der Waals surface area contributed by atoms with Crippen molar-refractivity contribution in [2.45, 2.75) is 32.3 Å². The smallest absolute Gasteiger partial charge is 0.227 e. The number of carbonyl (C=O) groups is 1. The van der Waals surface area contributed by atoms with Crippen LogP contribution in [0.25, 0.3) is 10.9 Å². The minimum Gasteiger partial charge on any atom is -0.493 e. The first kappa shape index (κ1) is 24.4. The number of methoxy groups -OCH3 is 2. The van der Waals surface area contributed by atoms with Crippen LogP contribution in [0.4, 0.5) is 11.8 Å². The maximum Gasteiger partial charge on any atom is 0.227 e. The van der Waals surface area contributed by atoms with Crippen LogP contribution in [0.3, 0.4) is 0 Å². The number of aromatic nitrogens is 2. The van der Waals surface area contributed by atoms with E-state index < -0.39 is 6.10 Å². The van der Waals surface area contributed by atoms with Gasteiger partial charge in [0.05, 0.1) is 19.7 Å². The zero-order chi connectivity index (χ0) is 21.8. The number of hydrogen-bond donors (Lipinski definition) is 3. The lowest BCUT2D eigenvalue weighted by Gasteiger charge is -2.18. The van der Waals surface area contributed by atoms with Crippen LogP contribution >= 0.6 is 0 Å². The van der Waals surface area contributed by atoms with Crippen LogP contribution in [0.15, 0.2) is 12.1 Å². The van der Waals surface area contributed by atoms with Crippen LogP contribution in [-0.4, -0.2) is 68.9 Å². The molecule has 0 fully saturated rings. The van der Waals surface area contributed by atoms with E-state index in [-0.39, 0.29) is 0 Å². The topological polar surface area (TPSA) is 123 Å². The van der Waals surface area contributed by atoms with Gasteiger partial charge < -0.3 is 35.3 Å². The molecule has 0 saturated carbocycles. The van der Waals surface area contributed by atoms with E-state index in [1.54, 1.807) is 20.3 Å². The number of anilines is 2. The summed E-state index contributed by atoms with van der Waals surface area (Å²) in [7, 11) is 7.07. The Balaban J connectivity index is 0.000000516. The van der Waals surface area contributed by atoms with Gasteiger partial charge in [0.25, 0.3) is 0 Å². The largest absolute Gasteiger partial charge is 0.493 e. The standard InChI is InChI=1S/C15H23N5O2.C5H10O2/c1-17-6-5-7-20(2)15-18-11-9-13(22-4)12(21-3)8-10(11)14(16)19-15;1-2-3-5(7)4-6/h8-9,17H,5-7H2,1-4H3,(H2,16,18,19);4-5,7H,2-3H2,1H3.